The second-order valence-electron chi connectivity index (χ2n) is 3.20. The number of nitrogens with zero attached hydrogens (tertiary/aromatic N) is 2. The van der Waals surface area contributed by atoms with E-state index in [0.717, 1.165) is 0 Å². The molecule has 6 heteroatoms. The molecule has 0 bridgehead atoms. The minimum absolute atomic E-state index is 0.149. The first-order valence-electron chi connectivity index (χ1n) is 4.72. The van der Waals surface area contributed by atoms with Gasteiger partial charge in [-0.25, -0.2) is 0 Å². The number of hydrogen-bond acceptors (Lipinski definition) is 4. The van der Waals surface area contributed by atoms with E-state index in [1.807, 2.05) is 0 Å². The number of benzene rings is 1. The van der Waals surface area contributed by atoms with Gasteiger partial charge in [0.1, 0.15) is 0 Å². The van der Waals surface area contributed by atoms with Crippen LogP contribution in [0, 0.1) is 0 Å². The standard InChI is InChI=1S/C11H8N3O2Se/c12-11(17)14-13-5-7-6-16-9-4-2-1-3-8(9)10(7)15/h1-6H,(H2,12,14)/b13-5+. The topological polar surface area (TPSA) is 80.9 Å². The van der Waals surface area contributed by atoms with Crippen LogP contribution in [0.25, 0.3) is 11.0 Å². The van der Waals surface area contributed by atoms with Crippen LogP contribution in [0.15, 0.2) is 49.9 Å². The Morgan fingerprint density at radius 3 is 2.94 bits per heavy atom. The van der Waals surface area contributed by atoms with Gasteiger partial charge in [0.15, 0.2) is 0 Å². The van der Waals surface area contributed by atoms with E-state index in [1.165, 1.54) is 12.5 Å². The van der Waals surface area contributed by atoms with Gasteiger partial charge in [-0.3, -0.25) is 0 Å². The van der Waals surface area contributed by atoms with Crippen molar-refractivity contribution in [3.63, 3.8) is 0 Å². The molecule has 2 rings (SSSR count). The van der Waals surface area contributed by atoms with E-state index in [-0.39, 0.29) is 10.2 Å². The summed E-state index contributed by atoms with van der Waals surface area (Å²) in [5, 5.41) is 7.73. The van der Waals surface area contributed by atoms with Gasteiger partial charge in [0.05, 0.1) is 0 Å². The molecular formula is C11H8N3O2Se. The summed E-state index contributed by atoms with van der Waals surface area (Å²) in [6.07, 6.45) is 2.65. The molecule has 1 aromatic carbocycles. The molecule has 5 nitrogen and oxygen atoms in total. The van der Waals surface area contributed by atoms with Crippen molar-refractivity contribution >= 4 is 37.9 Å². The predicted molar refractivity (Wildman–Crippen MR) is 67.5 cm³/mol. The molecule has 0 fully saturated rings. The molecule has 0 aliphatic carbocycles. The normalized spacial score (nSPS) is 12.4. The molecule has 2 N–H and O–H groups in total. The zero-order valence-electron chi connectivity index (χ0n) is 8.66. The second kappa shape index (κ2) is 4.95. The van der Waals surface area contributed by atoms with E-state index in [9.17, 15) is 4.79 Å². The van der Waals surface area contributed by atoms with Crippen molar-refractivity contribution < 1.29 is 4.42 Å². The molecule has 0 spiro atoms. The van der Waals surface area contributed by atoms with Crippen LogP contribution in [-0.2, 0) is 0 Å². The summed E-state index contributed by atoms with van der Waals surface area (Å²) in [6.45, 7) is 0. The summed E-state index contributed by atoms with van der Waals surface area (Å²) in [4.78, 5) is 12.0. The van der Waals surface area contributed by atoms with E-state index in [2.05, 4.69) is 26.2 Å². The Hall–Kier alpha value is -1.91. The first kappa shape index (κ1) is 11.6. The van der Waals surface area contributed by atoms with Crippen molar-refractivity contribution in [3.8, 4) is 0 Å². The fourth-order valence-corrected chi connectivity index (χ4v) is 1.43. The zero-order valence-corrected chi connectivity index (χ0v) is 10.4. The average molecular weight is 293 g/mol. The number of nitrogens with two attached hydrogens (primary N) is 1. The van der Waals surface area contributed by atoms with Crippen LogP contribution in [0.4, 0.5) is 0 Å². The number of amidine groups is 1. The van der Waals surface area contributed by atoms with Crippen LogP contribution in [0.2, 0.25) is 0 Å². The molecule has 17 heavy (non-hydrogen) atoms. The van der Waals surface area contributed by atoms with Gasteiger partial charge in [0.25, 0.3) is 0 Å². The van der Waals surface area contributed by atoms with Crippen LogP contribution >= 0.6 is 0 Å². The third-order valence-corrected chi connectivity index (χ3v) is 2.23. The molecule has 0 saturated carbocycles. The van der Waals surface area contributed by atoms with Crippen molar-refractivity contribution in [2.24, 2.45) is 15.9 Å². The van der Waals surface area contributed by atoms with Crippen LogP contribution in [0.1, 0.15) is 5.56 Å². The van der Waals surface area contributed by atoms with Crippen LogP contribution < -0.4 is 11.2 Å². The molecule has 1 radical (unpaired) electrons. The van der Waals surface area contributed by atoms with Crippen LogP contribution in [0.5, 0.6) is 0 Å². The van der Waals surface area contributed by atoms with E-state index in [4.69, 9.17) is 10.2 Å². The first-order chi connectivity index (χ1) is 8.18. The summed E-state index contributed by atoms with van der Waals surface area (Å²) in [6, 6.07) is 7.01. The molecule has 0 amide bonds. The fourth-order valence-electron chi connectivity index (χ4n) is 1.33. The van der Waals surface area contributed by atoms with E-state index < -0.39 is 0 Å². The molecule has 0 aliphatic heterocycles. The molecule has 85 valence electrons. The van der Waals surface area contributed by atoms with Crippen molar-refractivity contribution in [1.82, 2.24) is 0 Å². The van der Waals surface area contributed by atoms with Gasteiger partial charge in [-0.1, -0.05) is 0 Å². The van der Waals surface area contributed by atoms with Gasteiger partial charge in [0.2, 0.25) is 0 Å². The van der Waals surface area contributed by atoms with E-state index >= 15 is 0 Å². The Morgan fingerprint density at radius 1 is 1.41 bits per heavy atom. The Morgan fingerprint density at radius 2 is 2.18 bits per heavy atom. The van der Waals surface area contributed by atoms with Crippen molar-refractivity contribution in [2.75, 3.05) is 0 Å². The third-order valence-electron chi connectivity index (χ3n) is 2.06. The van der Waals surface area contributed by atoms with Gasteiger partial charge < -0.3 is 0 Å². The van der Waals surface area contributed by atoms with Gasteiger partial charge in [-0.05, 0) is 0 Å². The molecule has 1 aromatic heterocycles. The number of fused-ring (bicyclic) bond motifs is 1. The summed E-state index contributed by atoms with van der Waals surface area (Å²) in [5.74, 6) is 0. The maximum atomic E-state index is 12.0. The maximum absolute atomic E-state index is 12.0. The summed E-state index contributed by atoms with van der Waals surface area (Å²) in [7, 11) is 0. The minimum atomic E-state index is -0.149. The molecule has 0 unspecified atom stereocenters. The van der Waals surface area contributed by atoms with Crippen molar-refractivity contribution in [1.29, 1.82) is 0 Å². The quantitative estimate of drug-likeness (QED) is 0.381. The second-order valence-corrected chi connectivity index (χ2v) is 4.08. The van der Waals surface area contributed by atoms with Crippen molar-refractivity contribution in [3.05, 3.63) is 46.3 Å². The SMILES string of the molecule is N/C([Se])=N\N=C\c1coc2ccccc2c1=O. The predicted octanol–water partition coefficient (Wildman–Crippen LogP) is 0.610. The number of hydrogen-bond donors (Lipinski definition) is 1. The van der Waals surface area contributed by atoms with Crippen molar-refractivity contribution in [2.45, 2.75) is 0 Å². The van der Waals surface area contributed by atoms with Crippen LogP contribution in [0.3, 0.4) is 0 Å². The van der Waals surface area contributed by atoms with Gasteiger partial charge in [0, 0.05) is 0 Å². The molecule has 2 aromatic rings. The number of rotatable bonds is 2. The van der Waals surface area contributed by atoms with Gasteiger partial charge in [-0.15, -0.1) is 0 Å². The summed E-state index contributed by atoms with van der Waals surface area (Å²) >= 11 is 2.48. The molecular weight excluding hydrogens is 285 g/mol. The molecule has 0 aliphatic rings. The summed E-state index contributed by atoms with van der Waals surface area (Å²) < 4.78 is 5.50. The Kier molecular flexibility index (Phi) is 3.37. The third kappa shape index (κ3) is 2.61. The van der Waals surface area contributed by atoms with E-state index in [1.54, 1.807) is 24.3 Å². The Bertz CT molecular complexity index is 657. The molecule has 0 saturated heterocycles. The zero-order chi connectivity index (χ0) is 12.3. The number of para-hydroxylation sites is 1. The van der Waals surface area contributed by atoms with Gasteiger partial charge >= 0.3 is 105 Å². The summed E-state index contributed by atoms with van der Waals surface area (Å²) in [5.41, 5.74) is 5.99. The first-order valence-corrected chi connectivity index (χ1v) is 5.58. The monoisotopic (exact) mass is 294 g/mol. The Labute approximate surface area is 105 Å². The van der Waals surface area contributed by atoms with Gasteiger partial charge in [-0.2, -0.15) is 0 Å². The van der Waals surface area contributed by atoms with E-state index in [0.29, 0.717) is 16.5 Å². The average Bonchev–Trinajstić information content (AvgIpc) is 2.32. The molecule has 0 atom stereocenters. The fraction of sp³-hybridized carbons (Fsp3) is 0. The van der Waals surface area contributed by atoms with Crippen LogP contribution in [-0.4, -0.2) is 27.0 Å². The molecule has 1 heterocycles. The Balaban J connectivity index is 2.50.